The largest absolute Gasteiger partial charge is 0.443 e. The van der Waals surface area contributed by atoms with E-state index < -0.39 is 23.2 Å². The molecule has 138 valence electrons. The second-order valence-electron chi connectivity index (χ2n) is 6.29. The van der Waals surface area contributed by atoms with Crippen LogP contribution in [0.3, 0.4) is 0 Å². The standard InChI is InChI=1S/C19H18F3NO3/c1-18(2,25)11-10-14-8-9-16(26-14)17(24)23(3)12-13-6-4-5-7-15(13)19(20,21)22/h4-9,25H,12H2,1-3H3. The number of rotatable bonds is 3. The molecule has 0 unspecified atom stereocenters. The Hall–Kier alpha value is -2.72. The van der Waals surface area contributed by atoms with Crippen molar-refractivity contribution in [3.05, 3.63) is 59.0 Å². The number of benzene rings is 1. The van der Waals surface area contributed by atoms with E-state index >= 15 is 0 Å². The summed E-state index contributed by atoms with van der Waals surface area (Å²) in [5, 5.41) is 9.56. The molecule has 1 aromatic carbocycles. The minimum atomic E-state index is -4.50. The quantitative estimate of drug-likeness (QED) is 0.844. The lowest BCUT2D eigenvalue weighted by Crippen LogP contribution is -2.27. The van der Waals surface area contributed by atoms with Gasteiger partial charge in [0.25, 0.3) is 5.91 Å². The number of carbonyl (C=O) groups is 1. The van der Waals surface area contributed by atoms with Crippen LogP contribution in [0.5, 0.6) is 0 Å². The molecule has 1 N–H and O–H groups in total. The van der Waals surface area contributed by atoms with Crippen molar-refractivity contribution >= 4 is 5.91 Å². The lowest BCUT2D eigenvalue weighted by molar-refractivity contribution is -0.138. The van der Waals surface area contributed by atoms with Crippen LogP contribution in [0.15, 0.2) is 40.8 Å². The second kappa shape index (κ2) is 7.26. The molecule has 1 amide bonds. The number of alkyl halides is 3. The van der Waals surface area contributed by atoms with Crippen LogP contribution in [0.2, 0.25) is 0 Å². The van der Waals surface area contributed by atoms with Gasteiger partial charge in [-0.2, -0.15) is 13.2 Å². The van der Waals surface area contributed by atoms with Gasteiger partial charge in [-0.15, -0.1) is 0 Å². The monoisotopic (exact) mass is 365 g/mol. The SMILES string of the molecule is CN(Cc1ccccc1C(F)(F)F)C(=O)c1ccc(C#CC(C)(C)O)o1. The number of nitrogens with zero attached hydrogens (tertiary/aromatic N) is 1. The molecule has 26 heavy (non-hydrogen) atoms. The summed E-state index contributed by atoms with van der Waals surface area (Å²) >= 11 is 0. The van der Waals surface area contributed by atoms with Crippen molar-refractivity contribution in [3.8, 4) is 11.8 Å². The highest BCUT2D eigenvalue weighted by Crippen LogP contribution is 2.32. The molecular formula is C19H18F3NO3. The fourth-order valence-corrected chi connectivity index (χ4v) is 2.18. The average Bonchev–Trinajstić information content (AvgIpc) is 3.00. The number of aliphatic hydroxyl groups is 1. The Morgan fingerprint density at radius 3 is 2.46 bits per heavy atom. The van der Waals surface area contributed by atoms with E-state index in [1.165, 1.54) is 51.2 Å². The van der Waals surface area contributed by atoms with E-state index in [-0.39, 0.29) is 23.6 Å². The van der Waals surface area contributed by atoms with Gasteiger partial charge in [0.15, 0.2) is 11.5 Å². The van der Waals surface area contributed by atoms with E-state index in [0.29, 0.717) is 0 Å². The fourth-order valence-electron chi connectivity index (χ4n) is 2.18. The molecule has 2 aromatic rings. The maximum Gasteiger partial charge on any atom is 0.416 e. The molecule has 0 atom stereocenters. The predicted molar refractivity (Wildman–Crippen MR) is 89.1 cm³/mol. The van der Waals surface area contributed by atoms with Crippen molar-refractivity contribution in [3.63, 3.8) is 0 Å². The van der Waals surface area contributed by atoms with Crippen molar-refractivity contribution in [2.75, 3.05) is 7.05 Å². The summed E-state index contributed by atoms with van der Waals surface area (Å²) < 4.78 is 44.4. The molecule has 0 radical (unpaired) electrons. The van der Waals surface area contributed by atoms with Gasteiger partial charge in [-0.1, -0.05) is 24.1 Å². The molecule has 2 rings (SSSR count). The summed E-state index contributed by atoms with van der Waals surface area (Å²) in [5.74, 6) is 4.70. The van der Waals surface area contributed by atoms with Crippen molar-refractivity contribution < 1.29 is 27.5 Å². The van der Waals surface area contributed by atoms with Gasteiger partial charge in [0.2, 0.25) is 0 Å². The smallest absolute Gasteiger partial charge is 0.416 e. The highest BCUT2D eigenvalue weighted by atomic mass is 19.4. The first-order valence-corrected chi connectivity index (χ1v) is 7.73. The van der Waals surface area contributed by atoms with E-state index in [2.05, 4.69) is 11.8 Å². The Morgan fingerprint density at radius 2 is 1.85 bits per heavy atom. The van der Waals surface area contributed by atoms with Crippen molar-refractivity contribution in [2.24, 2.45) is 0 Å². The van der Waals surface area contributed by atoms with Crippen LogP contribution >= 0.6 is 0 Å². The zero-order valence-electron chi connectivity index (χ0n) is 14.5. The van der Waals surface area contributed by atoms with Gasteiger partial charge >= 0.3 is 6.18 Å². The Bertz CT molecular complexity index is 851. The van der Waals surface area contributed by atoms with E-state index in [1.807, 2.05) is 0 Å². The molecule has 0 aliphatic heterocycles. The third-order valence-electron chi connectivity index (χ3n) is 3.39. The number of halogens is 3. The lowest BCUT2D eigenvalue weighted by Gasteiger charge is -2.19. The van der Waals surface area contributed by atoms with Gasteiger partial charge in [0.1, 0.15) is 5.60 Å². The summed E-state index contributed by atoms with van der Waals surface area (Å²) in [6, 6.07) is 7.95. The van der Waals surface area contributed by atoms with Crippen molar-refractivity contribution in [1.82, 2.24) is 4.90 Å². The summed E-state index contributed by atoms with van der Waals surface area (Å²) in [7, 11) is 1.39. The molecular weight excluding hydrogens is 347 g/mol. The van der Waals surface area contributed by atoms with Crippen LogP contribution in [0.1, 0.15) is 41.3 Å². The first-order valence-electron chi connectivity index (χ1n) is 7.73. The van der Waals surface area contributed by atoms with Crippen molar-refractivity contribution in [1.29, 1.82) is 0 Å². The molecule has 7 heteroatoms. The van der Waals surface area contributed by atoms with E-state index in [0.717, 1.165) is 11.0 Å². The Morgan fingerprint density at radius 1 is 1.19 bits per heavy atom. The molecule has 0 saturated carbocycles. The molecule has 0 fully saturated rings. The predicted octanol–water partition coefficient (Wildman–Crippen LogP) is 3.69. The maximum atomic E-state index is 13.0. The summed E-state index contributed by atoms with van der Waals surface area (Å²) in [6.07, 6.45) is -4.50. The summed E-state index contributed by atoms with van der Waals surface area (Å²) in [6.45, 7) is 2.78. The van der Waals surface area contributed by atoms with Gasteiger partial charge < -0.3 is 14.4 Å². The van der Waals surface area contributed by atoms with Crippen LogP contribution in [-0.4, -0.2) is 28.6 Å². The van der Waals surface area contributed by atoms with Gasteiger partial charge in [0, 0.05) is 13.6 Å². The van der Waals surface area contributed by atoms with Gasteiger partial charge in [-0.05, 0) is 43.5 Å². The number of carbonyl (C=O) groups excluding carboxylic acids is 1. The summed E-state index contributed by atoms with van der Waals surface area (Å²) in [4.78, 5) is 13.5. The molecule has 1 heterocycles. The van der Waals surface area contributed by atoms with Gasteiger partial charge in [0.05, 0.1) is 5.56 Å². The molecule has 4 nitrogen and oxygen atoms in total. The fraction of sp³-hybridized carbons (Fsp3) is 0.316. The van der Waals surface area contributed by atoms with E-state index in [1.54, 1.807) is 0 Å². The Labute approximate surface area is 149 Å². The Balaban J connectivity index is 2.17. The lowest BCUT2D eigenvalue weighted by atomic mass is 10.1. The molecule has 0 saturated heterocycles. The highest BCUT2D eigenvalue weighted by molar-refractivity contribution is 5.91. The van der Waals surface area contributed by atoms with Crippen molar-refractivity contribution in [2.45, 2.75) is 32.2 Å². The minimum Gasteiger partial charge on any atom is -0.443 e. The number of amides is 1. The molecule has 0 spiro atoms. The van der Waals surface area contributed by atoms with Crippen LogP contribution in [0.25, 0.3) is 0 Å². The Kier molecular flexibility index (Phi) is 5.47. The number of hydrogen-bond acceptors (Lipinski definition) is 3. The molecule has 1 aromatic heterocycles. The number of hydrogen-bond donors (Lipinski definition) is 1. The zero-order valence-corrected chi connectivity index (χ0v) is 14.5. The van der Waals surface area contributed by atoms with Crippen LogP contribution in [0.4, 0.5) is 13.2 Å². The third-order valence-corrected chi connectivity index (χ3v) is 3.39. The first-order chi connectivity index (χ1) is 12.0. The van der Waals surface area contributed by atoms with Gasteiger partial charge in [-0.25, -0.2) is 0 Å². The van der Waals surface area contributed by atoms with Gasteiger partial charge in [-0.3, -0.25) is 4.79 Å². The van der Waals surface area contributed by atoms with Crippen LogP contribution in [0, 0.1) is 11.8 Å². The van der Waals surface area contributed by atoms with Crippen LogP contribution < -0.4 is 0 Å². The maximum absolute atomic E-state index is 13.0. The normalized spacial score (nSPS) is 11.7. The average molecular weight is 365 g/mol. The van der Waals surface area contributed by atoms with E-state index in [4.69, 9.17) is 4.42 Å². The molecule has 0 aliphatic rings. The summed E-state index contributed by atoms with van der Waals surface area (Å²) in [5.41, 5.74) is -2.00. The first kappa shape index (κ1) is 19.6. The van der Waals surface area contributed by atoms with Crippen LogP contribution in [-0.2, 0) is 12.7 Å². The third kappa shape index (κ3) is 5.14. The number of furan rings is 1. The highest BCUT2D eigenvalue weighted by Gasteiger charge is 2.33. The second-order valence-corrected chi connectivity index (χ2v) is 6.29. The minimum absolute atomic E-state index is 0.00977. The molecule has 0 aliphatic carbocycles. The topological polar surface area (TPSA) is 53.7 Å². The molecule has 0 bridgehead atoms. The zero-order chi connectivity index (χ0) is 19.5. The van der Waals surface area contributed by atoms with E-state index in [9.17, 15) is 23.1 Å².